The van der Waals surface area contributed by atoms with Crippen molar-refractivity contribution in [2.75, 3.05) is 20.3 Å². The molecule has 0 bridgehead atoms. The molecule has 3 heterocycles. The van der Waals surface area contributed by atoms with Crippen molar-refractivity contribution in [3.63, 3.8) is 0 Å². The van der Waals surface area contributed by atoms with Gasteiger partial charge in [0.2, 0.25) is 11.7 Å². The van der Waals surface area contributed by atoms with E-state index in [2.05, 4.69) is 15.5 Å². The van der Waals surface area contributed by atoms with Gasteiger partial charge in [0, 0.05) is 20.3 Å². The first-order valence-electron chi connectivity index (χ1n) is 6.08. The maximum atomic E-state index is 5.53. The average Bonchev–Trinajstić information content (AvgIpc) is 3.09. The minimum Gasteiger partial charge on any atom is -0.380 e. The fourth-order valence-electron chi connectivity index (χ4n) is 2.37. The molecule has 1 aromatic rings. The number of aromatic nitrogens is 2. The quantitative estimate of drug-likeness (QED) is 0.847. The van der Waals surface area contributed by atoms with E-state index in [-0.39, 0.29) is 18.2 Å². The van der Waals surface area contributed by atoms with Gasteiger partial charge in [-0.15, -0.1) is 0 Å². The van der Waals surface area contributed by atoms with Crippen molar-refractivity contribution in [1.82, 2.24) is 15.5 Å². The zero-order chi connectivity index (χ0) is 11.7. The van der Waals surface area contributed by atoms with Crippen LogP contribution in [-0.2, 0) is 9.47 Å². The Labute approximate surface area is 99.7 Å². The largest absolute Gasteiger partial charge is 0.380 e. The number of rotatable bonds is 3. The molecule has 2 fully saturated rings. The van der Waals surface area contributed by atoms with Gasteiger partial charge in [0.15, 0.2) is 0 Å². The summed E-state index contributed by atoms with van der Waals surface area (Å²) in [7, 11) is 1.72. The first kappa shape index (κ1) is 11.1. The Morgan fingerprint density at radius 1 is 1.47 bits per heavy atom. The Balaban J connectivity index is 1.68. The molecule has 6 nitrogen and oxygen atoms in total. The van der Waals surface area contributed by atoms with E-state index in [1.807, 2.05) is 0 Å². The summed E-state index contributed by atoms with van der Waals surface area (Å²) in [5, 5.41) is 7.32. The number of ether oxygens (including phenoxy) is 2. The molecule has 3 rings (SSSR count). The van der Waals surface area contributed by atoms with E-state index in [1.54, 1.807) is 7.11 Å². The van der Waals surface area contributed by atoms with Gasteiger partial charge in [-0.05, 0) is 19.3 Å². The molecule has 0 spiro atoms. The highest BCUT2D eigenvalue weighted by Crippen LogP contribution is 2.29. The van der Waals surface area contributed by atoms with E-state index in [0.29, 0.717) is 11.7 Å². The molecule has 17 heavy (non-hydrogen) atoms. The molecule has 1 unspecified atom stereocenters. The Morgan fingerprint density at radius 3 is 3.12 bits per heavy atom. The molecule has 0 saturated carbocycles. The monoisotopic (exact) mass is 239 g/mol. The number of methoxy groups -OCH3 is 1. The number of hydrogen-bond acceptors (Lipinski definition) is 6. The van der Waals surface area contributed by atoms with E-state index in [9.17, 15) is 0 Å². The van der Waals surface area contributed by atoms with Gasteiger partial charge in [-0.3, -0.25) is 0 Å². The molecule has 1 aromatic heterocycles. The van der Waals surface area contributed by atoms with Gasteiger partial charge in [0.1, 0.15) is 6.10 Å². The van der Waals surface area contributed by atoms with Crippen LogP contribution in [0, 0.1) is 0 Å². The Hall–Kier alpha value is -0.980. The predicted octanol–water partition coefficient (Wildman–Crippen LogP) is 0.970. The summed E-state index contributed by atoms with van der Waals surface area (Å²) in [6, 6.07) is 0.114. The van der Waals surface area contributed by atoms with Crippen molar-refractivity contribution in [2.45, 2.75) is 37.5 Å². The lowest BCUT2D eigenvalue weighted by atomic mass is 10.2. The molecular formula is C11H17N3O3. The first-order valence-corrected chi connectivity index (χ1v) is 6.08. The second-order valence-electron chi connectivity index (χ2n) is 4.55. The van der Waals surface area contributed by atoms with E-state index in [0.717, 1.165) is 32.4 Å². The Kier molecular flexibility index (Phi) is 3.09. The van der Waals surface area contributed by atoms with Crippen LogP contribution in [0.1, 0.15) is 43.1 Å². The van der Waals surface area contributed by atoms with Crippen molar-refractivity contribution in [2.24, 2.45) is 0 Å². The molecule has 2 saturated heterocycles. The maximum Gasteiger partial charge on any atom is 0.243 e. The van der Waals surface area contributed by atoms with E-state index in [4.69, 9.17) is 14.0 Å². The van der Waals surface area contributed by atoms with Gasteiger partial charge in [-0.25, -0.2) is 0 Å². The molecule has 2 aliphatic rings. The molecule has 2 aliphatic heterocycles. The Bertz CT molecular complexity index is 376. The van der Waals surface area contributed by atoms with Crippen LogP contribution in [0.2, 0.25) is 0 Å². The summed E-state index contributed by atoms with van der Waals surface area (Å²) in [4.78, 5) is 4.42. The van der Waals surface area contributed by atoms with Gasteiger partial charge >= 0.3 is 0 Å². The molecule has 0 aromatic carbocycles. The van der Waals surface area contributed by atoms with Crippen LogP contribution in [0.5, 0.6) is 0 Å². The maximum absolute atomic E-state index is 5.53. The van der Waals surface area contributed by atoms with Gasteiger partial charge in [-0.1, -0.05) is 5.16 Å². The topological polar surface area (TPSA) is 69.4 Å². The molecule has 0 radical (unpaired) electrons. The van der Waals surface area contributed by atoms with Crippen molar-refractivity contribution in [3.8, 4) is 0 Å². The summed E-state index contributed by atoms with van der Waals surface area (Å²) >= 11 is 0. The van der Waals surface area contributed by atoms with Gasteiger partial charge in [0.25, 0.3) is 0 Å². The van der Waals surface area contributed by atoms with Crippen LogP contribution < -0.4 is 5.32 Å². The molecule has 0 amide bonds. The predicted molar refractivity (Wildman–Crippen MR) is 58.4 cm³/mol. The highest BCUT2D eigenvalue weighted by Gasteiger charge is 2.31. The SMILES string of the molecule is CO[C@@H]1CN[C@@H](c2nc(C3CCCO3)no2)C1. The van der Waals surface area contributed by atoms with Crippen LogP contribution in [0.25, 0.3) is 0 Å². The summed E-state index contributed by atoms with van der Waals surface area (Å²) in [5.41, 5.74) is 0. The molecule has 3 atom stereocenters. The van der Waals surface area contributed by atoms with Crippen molar-refractivity contribution in [1.29, 1.82) is 0 Å². The highest BCUT2D eigenvalue weighted by molar-refractivity contribution is 5.00. The van der Waals surface area contributed by atoms with Crippen LogP contribution in [0.15, 0.2) is 4.52 Å². The highest BCUT2D eigenvalue weighted by atomic mass is 16.5. The number of nitrogens with one attached hydrogen (secondary N) is 1. The third-order valence-electron chi connectivity index (χ3n) is 3.40. The lowest BCUT2D eigenvalue weighted by Gasteiger charge is -2.04. The van der Waals surface area contributed by atoms with E-state index >= 15 is 0 Å². The average molecular weight is 239 g/mol. The zero-order valence-electron chi connectivity index (χ0n) is 9.89. The molecule has 0 aliphatic carbocycles. The van der Waals surface area contributed by atoms with Crippen LogP contribution in [0.3, 0.4) is 0 Å². The lowest BCUT2D eigenvalue weighted by Crippen LogP contribution is -2.16. The molecular weight excluding hydrogens is 222 g/mol. The van der Waals surface area contributed by atoms with E-state index in [1.165, 1.54) is 0 Å². The summed E-state index contributed by atoms with van der Waals surface area (Å²) < 4.78 is 16.1. The van der Waals surface area contributed by atoms with Crippen molar-refractivity contribution < 1.29 is 14.0 Å². The smallest absolute Gasteiger partial charge is 0.243 e. The third-order valence-corrected chi connectivity index (χ3v) is 3.40. The fraction of sp³-hybridized carbons (Fsp3) is 0.818. The van der Waals surface area contributed by atoms with Crippen LogP contribution >= 0.6 is 0 Å². The van der Waals surface area contributed by atoms with Gasteiger partial charge in [0.05, 0.1) is 12.1 Å². The normalized spacial score (nSPS) is 33.4. The molecule has 94 valence electrons. The lowest BCUT2D eigenvalue weighted by molar-refractivity contribution is 0.103. The van der Waals surface area contributed by atoms with Gasteiger partial charge in [-0.2, -0.15) is 4.98 Å². The van der Waals surface area contributed by atoms with E-state index < -0.39 is 0 Å². The summed E-state index contributed by atoms with van der Waals surface area (Å²) in [6.45, 7) is 1.63. The fourth-order valence-corrected chi connectivity index (χ4v) is 2.37. The minimum atomic E-state index is 0.0205. The van der Waals surface area contributed by atoms with Crippen molar-refractivity contribution >= 4 is 0 Å². The summed E-state index contributed by atoms with van der Waals surface area (Å²) in [5.74, 6) is 1.33. The zero-order valence-corrected chi connectivity index (χ0v) is 9.89. The molecule has 6 heteroatoms. The van der Waals surface area contributed by atoms with Crippen LogP contribution in [0.4, 0.5) is 0 Å². The van der Waals surface area contributed by atoms with Crippen LogP contribution in [-0.4, -0.2) is 36.5 Å². The standard InChI is InChI=1S/C11H17N3O3/c1-15-7-5-8(12-6-7)11-13-10(14-17-11)9-3-2-4-16-9/h7-9,12H,2-6H2,1H3/t7-,8+,9?/m0/s1. The number of nitrogens with zero attached hydrogens (tertiary/aromatic N) is 2. The summed E-state index contributed by atoms with van der Waals surface area (Å²) in [6.07, 6.45) is 3.19. The first-order chi connectivity index (χ1) is 8.36. The third kappa shape index (κ3) is 2.20. The van der Waals surface area contributed by atoms with Gasteiger partial charge < -0.3 is 19.3 Å². The number of hydrogen-bond donors (Lipinski definition) is 1. The minimum absolute atomic E-state index is 0.0205. The second-order valence-corrected chi connectivity index (χ2v) is 4.55. The second kappa shape index (κ2) is 4.72. The van der Waals surface area contributed by atoms with Crippen molar-refractivity contribution in [3.05, 3.63) is 11.7 Å². The Morgan fingerprint density at radius 2 is 2.41 bits per heavy atom. The molecule has 1 N–H and O–H groups in total.